The van der Waals surface area contributed by atoms with Crippen LogP contribution in [0, 0.1) is 5.92 Å². The molecule has 3 rings (SSSR count). The number of rotatable bonds is 6. The van der Waals surface area contributed by atoms with Crippen molar-refractivity contribution < 1.29 is 4.74 Å². The van der Waals surface area contributed by atoms with Crippen LogP contribution in [-0.2, 0) is 6.54 Å². The number of pyridine rings is 1. The number of anilines is 2. The summed E-state index contributed by atoms with van der Waals surface area (Å²) in [6.07, 6.45) is 2.51. The third-order valence-corrected chi connectivity index (χ3v) is 4.74. The minimum absolute atomic E-state index is 0.536. The third-order valence-electron chi connectivity index (χ3n) is 3.11. The minimum Gasteiger partial charge on any atom is -0.476 e. The molecule has 1 aliphatic carbocycles. The quantitative estimate of drug-likeness (QED) is 0.826. The van der Waals surface area contributed by atoms with Crippen molar-refractivity contribution in [2.45, 2.75) is 19.4 Å². The van der Waals surface area contributed by atoms with E-state index in [-0.39, 0.29) is 0 Å². The first-order chi connectivity index (χ1) is 9.70. The predicted molar refractivity (Wildman–Crippen MR) is 86.2 cm³/mol. The molecule has 0 amide bonds. The molecule has 20 heavy (non-hydrogen) atoms. The molecular weight excluding hydrogens is 338 g/mol. The highest BCUT2D eigenvalue weighted by molar-refractivity contribution is 9.11. The zero-order valence-electron chi connectivity index (χ0n) is 10.9. The number of hydrogen-bond donors (Lipinski definition) is 2. The van der Waals surface area contributed by atoms with Gasteiger partial charge in [0.2, 0.25) is 5.88 Å². The highest BCUT2D eigenvalue weighted by Gasteiger charge is 2.22. The molecule has 0 unspecified atom stereocenters. The molecule has 1 fully saturated rings. The van der Waals surface area contributed by atoms with Gasteiger partial charge in [-0.25, -0.2) is 0 Å². The van der Waals surface area contributed by atoms with Crippen LogP contribution in [0.15, 0.2) is 28.1 Å². The van der Waals surface area contributed by atoms with E-state index in [4.69, 9.17) is 10.5 Å². The third kappa shape index (κ3) is 3.64. The minimum atomic E-state index is 0.536. The molecule has 2 heterocycles. The number of nitrogens with zero attached hydrogens (tertiary/aromatic N) is 1. The summed E-state index contributed by atoms with van der Waals surface area (Å²) in [5.74, 6) is 2.01. The van der Waals surface area contributed by atoms with Crippen molar-refractivity contribution >= 4 is 38.8 Å². The van der Waals surface area contributed by atoms with Crippen LogP contribution in [0.1, 0.15) is 17.7 Å². The van der Waals surface area contributed by atoms with Crippen molar-refractivity contribution in [3.63, 3.8) is 0 Å². The highest BCUT2D eigenvalue weighted by atomic mass is 79.9. The molecule has 4 nitrogen and oxygen atoms in total. The van der Waals surface area contributed by atoms with E-state index in [0.29, 0.717) is 17.5 Å². The SMILES string of the molecule is Nc1ccc(NCc2ccc(Br)s2)nc1OCC1CC1. The van der Waals surface area contributed by atoms with Gasteiger partial charge in [0.25, 0.3) is 0 Å². The second-order valence-electron chi connectivity index (χ2n) is 4.90. The summed E-state index contributed by atoms with van der Waals surface area (Å²) in [7, 11) is 0. The second kappa shape index (κ2) is 6.01. The van der Waals surface area contributed by atoms with Gasteiger partial charge >= 0.3 is 0 Å². The van der Waals surface area contributed by atoms with E-state index in [9.17, 15) is 0 Å². The van der Waals surface area contributed by atoms with Crippen LogP contribution >= 0.6 is 27.3 Å². The molecule has 0 bridgehead atoms. The fraction of sp³-hybridized carbons (Fsp3) is 0.357. The van der Waals surface area contributed by atoms with E-state index in [1.54, 1.807) is 11.3 Å². The summed E-state index contributed by atoms with van der Waals surface area (Å²) in [4.78, 5) is 5.67. The molecule has 3 N–H and O–H groups in total. The Morgan fingerprint density at radius 3 is 2.90 bits per heavy atom. The lowest BCUT2D eigenvalue weighted by Crippen LogP contribution is -2.06. The van der Waals surface area contributed by atoms with E-state index in [1.165, 1.54) is 17.7 Å². The Bertz CT molecular complexity index is 598. The zero-order valence-corrected chi connectivity index (χ0v) is 13.3. The number of nitrogens with one attached hydrogen (secondary N) is 1. The topological polar surface area (TPSA) is 60.2 Å². The van der Waals surface area contributed by atoms with Gasteiger partial charge in [0.15, 0.2) is 0 Å². The Balaban J connectivity index is 1.61. The first-order valence-corrected chi connectivity index (χ1v) is 8.19. The Labute approximate surface area is 130 Å². The number of nitrogens with two attached hydrogens (primary N) is 1. The number of halogens is 1. The van der Waals surface area contributed by atoms with Crippen LogP contribution < -0.4 is 15.8 Å². The van der Waals surface area contributed by atoms with E-state index >= 15 is 0 Å². The van der Waals surface area contributed by atoms with Gasteiger partial charge in [0.1, 0.15) is 5.82 Å². The highest BCUT2D eigenvalue weighted by Crippen LogP contribution is 2.31. The first kappa shape index (κ1) is 13.7. The molecule has 106 valence electrons. The Morgan fingerprint density at radius 1 is 1.35 bits per heavy atom. The fourth-order valence-electron chi connectivity index (χ4n) is 1.77. The summed E-state index contributed by atoms with van der Waals surface area (Å²) >= 11 is 5.17. The van der Waals surface area contributed by atoms with Crippen LogP contribution in [0.2, 0.25) is 0 Å². The Hall–Kier alpha value is -1.27. The summed E-state index contributed by atoms with van der Waals surface area (Å²) < 4.78 is 6.81. The number of nitrogen functional groups attached to an aromatic ring is 1. The molecule has 2 aromatic rings. The molecule has 0 aromatic carbocycles. The average Bonchev–Trinajstić information content (AvgIpc) is 3.18. The van der Waals surface area contributed by atoms with Crippen LogP contribution in [0.3, 0.4) is 0 Å². The summed E-state index contributed by atoms with van der Waals surface area (Å²) in [5.41, 5.74) is 6.48. The lowest BCUT2D eigenvalue weighted by molar-refractivity contribution is 0.290. The molecule has 0 spiro atoms. The van der Waals surface area contributed by atoms with Crippen LogP contribution in [0.4, 0.5) is 11.5 Å². The number of aromatic nitrogens is 1. The van der Waals surface area contributed by atoms with Crippen molar-refractivity contribution in [3.8, 4) is 5.88 Å². The summed E-state index contributed by atoms with van der Waals surface area (Å²) in [5, 5.41) is 3.29. The van der Waals surface area contributed by atoms with Gasteiger partial charge in [-0.2, -0.15) is 4.98 Å². The molecule has 0 saturated heterocycles. The molecule has 0 atom stereocenters. The van der Waals surface area contributed by atoms with Crippen LogP contribution in [0.5, 0.6) is 5.88 Å². The van der Waals surface area contributed by atoms with E-state index in [1.807, 2.05) is 18.2 Å². The zero-order chi connectivity index (χ0) is 13.9. The average molecular weight is 354 g/mol. The lowest BCUT2D eigenvalue weighted by Gasteiger charge is -2.10. The smallest absolute Gasteiger partial charge is 0.239 e. The van der Waals surface area contributed by atoms with E-state index in [0.717, 1.165) is 22.8 Å². The van der Waals surface area contributed by atoms with Gasteiger partial charge in [-0.1, -0.05) is 0 Å². The van der Waals surface area contributed by atoms with Gasteiger partial charge in [-0.3, -0.25) is 0 Å². The molecule has 2 aromatic heterocycles. The Kier molecular flexibility index (Phi) is 4.12. The maximum atomic E-state index is 5.89. The first-order valence-electron chi connectivity index (χ1n) is 6.58. The molecular formula is C14H16BrN3OS. The van der Waals surface area contributed by atoms with Gasteiger partial charge in [-0.15, -0.1) is 11.3 Å². The molecule has 1 saturated carbocycles. The van der Waals surface area contributed by atoms with Gasteiger partial charge in [-0.05, 0) is 59.0 Å². The molecule has 0 aliphatic heterocycles. The number of thiophene rings is 1. The van der Waals surface area contributed by atoms with E-state index in [2.05, 4.69) is 32.3 Å². The fourth-order valence-corrected chi connectivity index (χ4v) is 3.19. The van der Waals surface area contributed by atoms with Crippen molar-refractivity contribution in [2.24, 2.45) is 5.92 Å². The van der Waals surface area contributed by atoms with Gasteiger partial charge < -0.3 is 15.8 Å². The summed E-state index contributed by atoms with van der Waals surface area (Å²) in [6, 6.07) is 7.84. The van der Waals surface area contributed by atoms with Gasteiger partial charge in [0, 0.05) is 4.88 Å². The lowest BCUT2D eigenvalue weighted by atomic mass is 10.4. The van der Waals surface area contributed by atoms with Crippen molar-refractivity contribution in [2.75, 3.05) is 17.7 Å². The van der Waals surface area contributed by atoms with Crippen molar-refractivity contribution in [1.29, 1.82) is 0 Å². The van der Waals surface area contributed by atoms with Gasteiger partial charge in [0.05, 0.1) is 22.6 Å². The standard InChI is InChI=1S/C14H16BrN3OS/c15-12-5-3-10(20-12)7-17-13-6-4-11(16)14(18-13)19-8-9-1-2-9/h3-6,9H,1-2,7-8,16H2,(H,17,18). The van der Waals surface area contributed by atoms with Crippen LogP contribution in [-0.4, -0.2) is 11.6 Å². The monoisotopic (exact) mass is 353 g/mol. The predicted octanol–water partition coefficient (Wildman–Crippen LogP) is 3.89. The molecule has 1 aliphatic rings. The second-order valence-corrected chi connectivity index (χ2v) is 7.45. The summed E-state index contributed by atoms with van der Waals surface area (Å²) in [6.45, 7) is 1.47. The maximum absolute atomic E-state index is 5.89. The van der Waals surface area contributed by atoms with E-state index < -0.39 is 0 Å². The van der Waals surface area contributed by atoms with Crippen LogP contribution in [0.25, 0.3) is 0 Å². The van der Waals surface area contributed by atoms with Crippen molar-refractivity contribution in [3.05, 3.63) is 32.9 Å². The number of hydrogen-bond acceptors (Lipinski definition) is 5. The normalized spacial score (nSPS) is 14.2. The molecule has 0 radical (unpaired) electrons. The maximum Gasteiger partial charge on any atom is 0.239 e. The largest absolute Gasteiger partial charge is 0.476 e. The Morgan fingerprint density at radius 2 is 2.20 bits per heavy atom. The number of ether oxygens (including phenoxy) is 1. The molecule has 6 heteroatoms. The van der Waals surface area contributed by atoms with Crippen molar-refractivity contribution in [1.82, 2.24) is 4.98 Å².